The maximum Gasteiger partial charge on any atom is 0.342 e. The number of hydrogen-bond acceptors (Lipinski definition) is 5. The molecule has 0 amide bonds. The Morgan fingerprint density at radius 2 is 2.25 bits per heavy atom. The fourth-order valence-electron chi connectivity index (χ4n) is 2.41. The normalized spacial score (nSPS) is 31.9. The van der Waals surface area contributed by atoms with E-state index in [1.54, 1.807) is 0 Å². The minimum Gasteiger partial charge on any atom is -0.373 e. The van der Waals surface area contributed by atoms with E-state index in [1.807, 2.05) is 0 Å². The summed E-state index contributed by atoms with van der Waals surface area (Å²) < 4.78 is 5.65. The zero-order valence-electron chi connectivity index (χ0n) is 8.53. The van der Waals surface area contributed by atoms with Gasteiger partial charge in [-0.2, -0.15) is 0 Å². The zero-order valence-corrected chi connectivity index (χ0v) is 8.53. The van der Waals surface area contributed by atoms with Gasteiger partial charge in [-0.05, 0) is 19.3 Å². The fraction of sp³-hybridized carbons (Fsp3) is 0.667. The van der Waals surface area contributed by atoms with E-state index in [0.717, 1.165) is 19.3 Å². The van der Waals surface area contributed by atoms with Gasteiger partial charge in [0.15, 0.2) is 0 Å². The van der Waals surface area contributed by atoms with Gasteiger partial charge in [-0.25, -0.2) is 9.89 Å². The van der Waals surface area contributed by atoms with Crippen molar-refractivity contribution in [3.8, 4) is 0 Å². The van der Waals surface area contributed by atoms with Crippen molar-refractivity contribution in [2.45, 2.75) is 37.5 Å². The van der Waals surface area contributed by atoms with E-state index in [-0.39, 0.29) is 18.0 Å². The highest BCUT2D eigenvalue weighted by Crippen LogP contribution is 2.35. The highest BCUT2D eigenvalue weighted by atomic mass is 16.5. The molecule has 2 saturated heterocycles. The van der Waals surface area contributed by atoms with Crippen molar-refractivity contribution >= 4 is 5.82 Å². The molecule has 7 nitrogen and oxygen atoms in total. The van der Waals surface area contributed by atoms with Gasteiger partial charge in [-0.1, -0.05) is 0 Å². The Morgan fingerprint density at radius 3 is 2.88 bits per heavy atom. The Kier molecular flexibility index (Phi) is 2.06. The van der Waals surface area contributed by atoms with Gasteiger partial charge in [-0.3, -0.25) is 9.78 Å². The molecule has 2 bridgehead atoms. The van der Waals surface area contributed by atoms with Crippen LogP contribution in [0.15, 0.2) is 9.59 Å². The lowest BCUT2D eigenvalue weighted by atomic mass is 9.95. The molecular weight excluding hydrogens is 212 g/mol. The molecule has 0 aromatic carbocycles. The fourth-order valence-corrected chi connectivity index (χ4v) is 2.41. The first kappa shape index (κ1) is 9.59. The highest BCUT2D eigenvalue weighted by molar-refractivity contribution is 5.32. The van der Waals surface area contributed by atoms with Crippen molar-refractivity contribution in [2.24, 2.45) is 0 Å². The molecule has 0 radical (unpaired) electrons. The molecule has 1 aromatic heterocycles. The summed E-state index contributed by atoms with van der Waals surface area (Å²) in [5.41, 5.74) is -1.09. The van der Waals surface area contributed by atoms with E-state index in [2.05, 4.69) is 20.5 Å². The second kappa shape index (κ2) is 3.44. The zero-order chi connectivity index (χ0) is 11.1. The largest absolute Gasteiger partial charge is 0.373 e. The molecule has 3 unspecified atom stereocenters. The molecule has 16 heavy (non-hydrogen) atoms. The third-order valence-electron chi connectivity index (χ3n) is 3.14. The molecule has 3 heterocycles. The minimum atomic E-state index is -0.597. The Morgan fingerprint density at radius 1 is 1.38 bits per heavy atom. The van der Waals surface area contributed by atoms with Gasteiger partial charge in [0.05, 0.1) is 18.2 Å². The van der Waals surface area contributed by atoms with Crippen molar-refractivity contribution in [1.29, 1.82) is 0 Å². The predicted molar refractivity (Wildman–Crippen MR) is 55.4 cm³/mol. The lowest BCUT2D eigenvalue weighted by Gasteiger charge is -2.19. The van der Waals surface area contributed by atoms with Gasteiger partial charge < -0.3 is 10.1 Å². The van der Waals surface area contributed by atoms with Crippen LogP contribution >= 0.6 is 0 Å². The SMILES string of the molecule is O=c1[nH]nc(NC2CC3CCC2O3)c(=O)[nH]1. The molecule has 1 aromatic rings. The predicted octanol–water partition coefficient (Wildman–Crippen LogP) is -0.810. The Balaban J connectivity index is 1.79. The van der Waals surface area contributed by atoms with Crippen molar-refractivity contribution < 1.29 is 4.74 Å². The summed E-state index contributed by atoms with van der Waals surface area (Å²) in [5, 5.41) is 8.89. The number of fused-ring (bicyclic) bond motifs is 2. The van der Waals surface area contributed by atoms with Crippen LogP contribution in [0.2, 0.25) is 0 Å². The summed E-state index contributed by atoms with van der Waals surface area (Å²) in [6, 6.07) is 0.123. The van der Waals surface area contributed by atoms with Crippen LogP contribution in [-0.2, 0) is 4.74 Å². The van der Waals surface area contributed by atoms with Gasteiger partial charge in [-0.15, -0.1) is 5.10 Å². The monoisotopic (exact) mass is 224 g/mol. The summed E-state index contributed by atoms with van der Waals surface area (Å²) in [6.07, 6.45) is 3.48. The molecule has 0 spiro atoms. The summed E-state index contributed by atoms with van der Waals surface area (Å²) in [4.78, 5) is 24.3. The molecular formula is C9H12N4O3. The molecule has 3 atom stereocenters. The van der Waals surface area contributed by atoms with E-state index in [4.69, 9.17) is 4.74 Å². The summed E-state index contributed by atoms with van der Waals surface area (Å²) in [5.74, 6) is 0.153. The Labute approximate surface area is 90.2 Å². The smallest absolute Gasteiger partial charge is 0.342 e. The third kappa shape index (κ3) is 1.53. The van der Waals surface area contributed by atoms with Gasteiger partial charge in [0.25, 0.3) is 5.56 Å². The quantitative estimate of drug-likeness (QED) is 0.610. The second-order valence-corrected chi connectivity index (χ2v) is 4.22. The number of aromatic amines is 2. The number of ether oxygens (including phenoxy) is 1. The molecule has 2 fully saturated rings. The van der Waals surface area contributed by atoms with Gasteiger partial charge in [0.2, 0.25) is 5.82 Å². The van der Waals surface area contributed by atoms with Crippen molar-refractivity contribution in [2.75, 3.05) is 5.32 Å². The van der Waals surface area contributed by atoms with Crippen LogP contribution in [0.4, 0.5) is 5.82 Å². The third-order valence-corrected chi connectivity index (χ3v) is 3.14. The molecule has 0 saturated carbocycles. The second-order valence-electron chi connectivity index (χ2n) is 4.22. The van der Waals surface area contributed by atoms with E-state index in [0.29, 0.717) is 6.10 Å². The van der Waals surface area contributed by atoms with Crippen LogP contribution in [0.3, 0.4) is 0 Å². The van der Waals surface area contributed by atoms with E-state index < -0.39 is 11.2 Å². The average molecular weight is 224 g/mol. The number of nitrogens with one attached hydrogen (secondary N) is 3. The first-order chi connectivity index (χ1) is 7.72. The molecule has 0 aliphatic carbocycles. The highest BCUT2D eigenvalue weighted by Gasteiger charge is 2.41. The molecule has 2 aliphatic rings. The van der Waals surface area contributed by atoms with E-state index in [9.17, 15) is 9.59 Å². The Bertz CT molecular complexity index is 508. The van der Waals surface area contributed by atoms with Crippen LogP contribution in [-0.4, -0.2) is 33.4 Å². The Hall–Kier alpha value is -1.63. The maximum absolute atomic E-state index is 11.4. The standard InChI is InChI=1S/C9H12N4O3/c14-8-7(12-13-9(15)11-8)10-5-3-4-1-2-6(5)16-4/h4-6H,1-3H2,(H,10,12)(H2,11,13,14,15). The van der Waals surface area contributed by atoms with Gasteiger partial charge in [0.1, 0.15) is 0 Å². The number of rotatable bonds is 2. The summed E-state index contributed by atoms with van der Waals surface area (Å²) >= 11 is 0. The average Bonchev–Trinajstić information content (AvgIpc) is 2.84. The van der Waals surface area contributed by atoms with Crippen LogP contribution in [0.5, 0.6) is 0 Å². The first-order valence-corrected chi connectivity index (χ1v) is 5.33. The number of H-pyrrole nitrogens is 2. The van der Waals surface area contributed by atoms with Crippen LogP contribution in [0.1, 0.15) is 19.3 Å². The lowest BCUT2D eigenvalue weighted by Crippen LogP contribution is -2.35. The maximum atomic E-state index is 11.4. The van der Waals surface area contributed by atoms with Crippen molar-refractivity contribution in [3.63, 3.8) is 0 Å². The molecule has 86 valence electrons. The van der Waals surface area contributed by atoms with Crippen LogP contribution < -0.4 is 16.6 Å². The topological polar surface area (TPSA) is 99.9 Å². The molecule has 3 rings (SSSR count). The van der Waals surface area contributed by atoms with Crippen LogP contribution in [0.25, 0.3) is 0 Å². The summed E-state index contributed by atoms with van der Waals surface area (Å²) in [6.45, 7) is 0. The summed E-state index contributed by atoms with van der Waals surface area (Å²) in [7, 11) is 0. The van der Waals surface area contributed by atoms with Gasteiger partial charge in [0, 0.05) is 0 Å². The number of aromatic nitrogens is 3. The molecule has 7 heteroatoms. The van der Waals surface area contributed by atoms with Crippen molar-refractivity contribution in [3.05, 3.63) is 20.8 Å². The van der Waals surface area contributed by atoms with Crippen LogP contribution in [0, 0.1) is 0 Å². The number of hydrogen-bond donors (Lipinski definition) is 3. The van der Waals surface area contributed by atoms with Crippen molar-refractivity contribution in [1.82, 2.24) is 15.2 Å². The lowest BCUT2D eigenvalue weighted by molar-refractivity contribution is 0.102. The minimum absolute atomic E-state index is 0.123. The van der Waals surface area contributed by atoms with E-state index >= 15 is 0 Å². The molecule has 2 aliphatic heterocycles. The van der Waals surface area contributed by atoms with E-state index in [1.165, 1.54) is 0 Å². The number of nitrogens with zero attached hydrogens (tertiary/aromatic N) is 1. The number of anilines is 1. The van der Waals surface area contributed by atoms with Gasteiger partial charge >= 0.3 is 5.69 Å². The molecule has 3 N–H and O–H groups in total. The first-order valence-electron chi connectivity index (χ1n) is 5.33.